The Morgan fingerprint density at radius 1 is 1.32 bits per heavy atom. The molecule has 1 atom stereocenters. The van der Waals surface area contributed by atoms with Gasteiger partial charge in [0.1, 0.15) is 5.60 Å². The summed E-state index contributed by atoms with van der Waals surface area (Å²) in [6.07, 6.45) is 4.81. The lowest BCUT2D eigenvalue weighted by Crippen LogP contribution is -2.39. The molecule has 2 rings (SSSR count). The fourth-order valence-corrected chi connectivity index (χ4v) is 2.70. The molecule has 3 nitrogen and oxygen atoms in total. The minimum atomic E-state index is -0.894. The summed E-state index contributed by atoms with van der Waals surface area (Å²) in [4.78, 5) is 2.33. The van der Waals surface area contributed by atoms with Gasteiger partial charge in [0.15, 0.2) is 0 Å². The standard InChI is InChI=1S/C16H26N2O/c1-18(12-14-6-5-7-14)11-10-16(19,13-17)15-8-3-2-4-9-15/h2-4,8-9,14,19H,5-7,10-13,17H2,1H3. The highest BCUT2D eigenvalue weighted by Crippen LogP contribution is 2.28. The molecule has 1 aromatic carbocycles. The van der Waals surface area contributed by atoms with Crippen LogP contribution in [0.2, 0.25) is 0 Å². The summed E-state index contributed by atoms with van der Waals surface area (Å²) in [6.45, 7) is 2.31. The van der Waals surface area contributed by atoms with Crippen LogP contribution in [0.5, 0.6) is 0 Å². The second-order valence-corrected chi connectivity index (χ2v) is 5.91. The molecular weight excluding hydrogens is 236 g/mol. The number of hydrogen-bond acceptors (Lipinski definition) is 3. The second kappa shape index (κ2) is 6.51. The van der Waals surface area contributed by atoms with E-state index in [1.54, 1.807) is 0 Å². The van der Waals surface area contributed by atoms with Gasteiger partial charge in [-0.25, -0.2) is 0 Å². The van der Waals surface area contributed by atoms with E-state index in [1.165, 1.54) is 19.3 Å². The van der Waals surface area contributed by atoms with Crippen LogP contribution in [0.1, 0.15) is 31.2 Å². The zero-order chi connectivity index (χ0) is 13.7. The van der Waals surface area contributed by atoms with Gasteiger partial charge in [-0.15, -0.1) is 0 Å². The Morgan fingerprint density at radius 2 is 2.00 bits per heavy atom. The number of benzene rings is 1. The van der Waals surface area contributed by atoms with Gasteiger partial charge in [0.2, 0.25) is 0 Å². The summed E-state index contributed by atoms with van der Waals surface area (Å²) < 4.78 is 0. The van der Waals surface area contributed by atoms with Gasteiger partial charge in [0.05, 0.1) is 0 Å². The first-order valence-electron chi connectivity index (χ1n) is 7.30. The molecule has 1 saturated carbocycles. The highest BCUT2D eigenvalue weighted by Gasteiger charge is 2.28. The Balaban J connectivity index is 1.87. The number of nitrogens with zero attached hydrogens (tertiary/aromatic N) is 1. The second-order valence-electron chi connectivity index (χ2n) is 5.91. The summed E-state index contributed by atoms with van der Waals surface area (Å²) in [7, 11) is 2.14. The molecule has 1 unspecified atom stereocenters. The van der Waals surface area contributed by atoms with E-state index in [-0.39, 0.29) is 6.54 Å². The maximum Gasteiger partial charge on any atom is 0.103 e. The molecule has 0 bridgehead atoms. The van der Waals surface area contributed by atoms with Crippen molar-refractivity contribution in [2.45, 2.75) is 31.3 Å². The molecule has 0 amide bonds. The quantitative estimate of drug-likeness (QED) is 0.789. The SMILES string of the molecule is CN(CCC(O)(CN)c1ccccc1)CC1CCC1. The van der Waals surface area contributed by atoms with Crippen LogP contribution in [0, 0.1) is 5.92 Å². The molecule has 1 fully saturated rings. The third kappa shape index (κ3) is 3.78. The van der Waals surface area contributed by atoms with Crippen LogP contribution in [0.25, 0.3) is 0 Å². The number of rotatable bonds is 7. The Kier molecular flexibility index (Phi) is 4.97. The molecule has 1 aromatic rings. The third-order valence-electron chi connectivity index (χ3n) is 4.35. The molecule has 1 aliphatic rings. The van der Waals surface area contributed by atoms with Gasteiger partial charge >= 0.3 is 0 Å². The first-order valence-corrected chi connectivity index (χ1v) is 7.30. The van der Waals surface area contributed by atoms with E-state index < -0.39 is 5.60 Å². The molecule has 3 N–H and O–H groups in total. The lowest BCUT2D eigenvalue weighted by atomic mass is 9.85. The molecule has 0 aromatic heterocycles. The summed E-state index contributed by atoms with van der Waals surface area (Å²) in [5.74, 6) is 0.868. The number of hydrogen-bond donors (Lipinski definition) is 2. The van der Waals surface area contributed by atoms with Crippen molar-refractivity contribution in [3.63, 3.8) is 0 Å². The molecule has 0 saturated heterocycles. The monoisotopic (exact) mass is 262 g/mol. The number of nitrogens with two attached hydrogens (primary N) is 1. The van der Waals surface area contributed by atoms with Crippen molar-refractivity contribution in [3.05, 3.63) is 35.9 Å². The van der Waals surface area contributed by atoms with Crippen LogP contribution >= 0.6 is 0 Å². The average Bonchev–Trinajstić information content (AvgIpc) is 2.41. The smallest absolute Gasteiger partial charge is 0.103 e. The van der Waals surface area contributed by atoms with Gasteiger partial charge in [-0.1, -0.05) is 36.8 Å². The van der Waals surface area contributed by atoms with Crippen molar-refractivity contribution in [1.82, 2.24) is 4.90 Å². The zero-order valence-electron chi connectivity index (χ0n) is 11.9. The van der Waals surface area contributed by atoms with Crippen molar-refractivity contribution >= 4 is 0 Å². The maximum absolute atomic E-state index is 10.7. The largest absolute Gasteiger partial charge is 0.384 e. The van der Waals surface area contributed by atoms with Crippen molar-refractivity contribution in [2.75, 3.05) is 26.7 Å². The van der Waals surface area contributed by atoms with E-state index in [1.807, 2.05) is 30.3 Å². The van der Waals surface area contributed by atoms with Crippen LogP contribution < -0.4 is 5.73 Å². The fourth-order valence-electron chi connectivity index (χ4n) is 2.70. The van der Waals surface area contributed by atoms with E-state index in [9.17, 15) is 5.11 Å². The predicted molar refractivity (Wildman–Crippen MR) is 78.8 cm³/mol. The van der Waals surface area contributed by atoms with Crippen LogP contribution in [0.15, 0.2) is 30.3 Å². The Morgan fingerprint density at radius 3 is 2.53 bits per heavy atom. The van der Waals surface area contributed by atoms with Gasteiger partial charge in [-0.3, -0.25) is 0 Å². The van der Waals surface area contributed by atoms with Gasteiger partial charge in [0, 0.05) is 19.6 Å². The molecular formula is C16H26N2O. The van der Waals surface area contributed by atoms with Crippen LogP contribution in [-0.2, 0) is 5.60 Å². The fraction of sp³-hybridized carbons (Fsp3) is 0.625. The lowest BCUT2D eigenvalue weighted by Gasteiger charge is -2.33. The topological polar surface area (TPSA) is 49.5 Å². The predicted octanol–water partition coefficient (Wildman–Crippen LogP) is 1.95. The molecule has 1 aliphatic carbocycles. The molecule has 0 radical (unpaired) electrons. The Bertz CT molecular complexity index is 378. The Labute approximate surface area is 116 Å². The van der Waals surface area contributed by atoms with E-state index in [2.05, 4.69) is 11.9 Å². The highest BCUT2D eigenvalue weighted by atomic mass is 16.3. The average molecular weight is 262 g/mol. The third-order valence-corrected chi connectivity index (χ3v) is 4.35. The Hall–Kier alpha value is -0.900. The summed E-state index contributed by atoms with van der Waals surface area (Å²) in [5.41, 5.74) is 5.83. The van der Waals surface area contributed by atoms with Gasteiger partial charge in [-0.2, -0.15) is 0 Å². The van der Waals surface area contributed by atoms with Crippen molar-refractivity contribution < 1.29 is 5.11 Å². The van der Waals surface area contributed by atoms with E-state index in [0.29, 0.717) is 6.42 Å². The zero-order valence-corrected chi connectivity index (χ0v) is 11.9. The summed E-state index contributed by atoms with van der Waals surface area (Å²) in [5, 5.41) is 10.7. The van der Waals surface area contributed by atoms with Crippen molar-refractivity contribution in [2.24, 2.45) is 11.7 Å². The van der Waals surface area contributed by atoms with E-state index >= 15 is 0 Å². The van der Waals surface area contributed by atoms with Crippen LogP contribution in [0.4, 0.5) is 0 Å². The van der Waals surface area contributed by atoms with E-state index in [4.69, 9.17) is 5.73 Å². The summed E-state index contributed by atoms with van der Waals surface area (Å²) >= 11 is 0. The highest BCUT2D eigenvalue weighted by molar-refractivity contribution is 5.22. The van der Waals surface area contributed by atoms with Crippen LogP contribution in [-0.4, -0.2) is 36.7 Å². The van der Waals surface area contributed by atoms with Gasteiger partial charge in [-0.05, 0) is 37.8 Å². The van der Waals surface area contributed by atoms with Gasteiger partial charge in [0.25, 0.3) is 0 Å². The first-order chi connectivity index (χ1) is 9.14. The van der Waals surface area contributed by atoms with E-state index in [0.717, 1.165) is 24.6 Å². The van der Waals surface area contributed by atoms with Crippen molar-refractivity contribution in [3.8, 4) is 0 Å². The molecule has 0 spiro atoms. The molecule has 0 aliphatic heterocycles. The molecule has 3 heteroatoms. The minimum Gasteiger partial charge on any atom is -0.384 e. The van der Waals surface area contributed by atoms with Crippen LogP contribution in [0.3, 0.4) is 0 Å². The lowest BCUT2D eigenvalue weighted by molar-refractivity contribution is 0.0256. The molecule has 19 heavy (non-hydrogen) atoms. The van der Waals surface area contributed by atoms with Gasteiger partial charge < -0.3 is 15.7 Å². The number of aliphatic hydroxyl groups is 1. The normalized spacial score (nSPS) is 19.2. The minimum absolute atomic E-state index is 0.272. The first kappa shape index (κ1) is 14.5. The molecule has 0 heterocycles. The van der Waals surface area contributed by atoms with Crippen molar-refractivity contribution in [1.29, 1.82) is 0 Å². The molecule has 106 valence electrons. The maximum atomic E-state index is 10.7. The summed E-state index contributed by atoms with van der Waals surface area (Å²) in [6, 6.07) is 9.78.